The zero-order valence-electron chi connectivity index (χ0n) is 18.5. The molecule has 0 aliphatic heterocycles. The van der Waals surface area contributed by atoms with Gasteiger partial charge in [0, 0.05) is 13.1 Å². The number of hydrogen-bond donors (Lipinski definition) is 5. The Bertz CT molecular complexity index is 1110. The lowest BCUT2D eigenvalue weighted by Crippen LogP contribution is -2.49. The maximum atomic E-state index is 13.0. The van der Waals surface area contributed by atoms with Crippen molar-refractivity contribution in [3.8, 4) is 5.75 Å². The van der Waals surface area contributed by atoms with Gasteiger partial charge < -0.3 is 20.5 Å². The van der Waals surface area contributed by atoms with Crippen LogP contribution < -0.4 is 20.1 Å². The van der Waals surface area contributed by atoms with Crippen LogP contribution in [0.15, 0.2) is 53.4 Å². The van der Waals surface area contributed by atoms with Crippen LogP contribution in [0.5, 0.6) is 5.75 Å². The first-order chi connectivity index (χ1) is 16.1. The Labute approximate surface area is 203 Å². The second kappa shape index (κ2) is 13.0. The summed E-state index contributed by atoms with van der Waals surface area (Å²) in [6.45, 7) is 1.43. The van der Waals surface area contributed by atoms with E-state index < -0.39 is 34.5 Å². The van der Waals surface area contributed by atoms with Crippen LogP contribution in [0.1, 0.15) is 11.1 Å². The lowest BCUT2D eigenvalue weighted by Gasteiger charge is -2.20. The molecule has 0 aromatic heterocycles. The van der Waals surface area contributed by atoms with Crippen molar-refractivity contribution in [3.05, 3.63) is 59.7 Å². The van der Waals surface area contributed by atoms with Crippen LogP contribution in [0.4, 0.5) is 0 Å². The van der Waals surface area contributed by atoms with Crippen LogP contribution in [0.2, 0.25) is 0 Å². The van der Waals surface area contributed by atoms with E-state index in [1.165, 1.54) is 18.2 Å². The predicted octanol–water partition coefficient (Wildman–Crippen LogP) is 0.510. The van der Waals surface area contributed by atoms with E-state index >= 15 is 0 Å². The van der Waals surface area contributed by atoms with E-state index in [2.05, 4.69) is 28.0 Å². The molecule has 0 unspecified atom stereocenters. The molecule has 184 valence electrons. The summed E-state index contributed by atoms with van der Waals surface area (Å²) >= 11 is 3.85. The summed E-state index contributed by atoms with van der Waals surface area (Å²) in [5.74, 6) is -1.63. The number of aliphatic carboxylic acids is 1. The van der Waals surface area contributed by atoms with Crippen molar-refractivity contribution in [1.29, 1.82) is 0 Å². The molecule has 0 spiro atoms. The number of aryl methyl sites for hydroxylation is 1. The van der Waals surface area contributed by atoms with Crippen molar-refractivity contribution in [2.24, 2.45) is 0 Å². The Kier molecular flexibility index (Phi) is 10.4. The van der Waals surface area contributed by atoms with Crippen LogP contribution >= 0.6 is 12.6 Å². The van der Waals surface area contributed by atoms with Gasteiger partial charge in [-0.3, -0.25) is 9.59 Å². The topological polar surface area (TPSA) is 151 Å². The van der Waals surface area contributed by atoms with Gasteiger partial charge in [-0.2, -0.15) is 17.4 Å². The quantitative estimate of drug-likeness (QED) is 0.195. The largest absolute Gasteiger partial charge is 0.482 e. The summed E-state index contributed by atoms with van der Waals surface area (Å²) in [6.07, 6.45) is 0.0269. The number of carbonyl (C=O) groups excluding carboxylic acids is 2. The van der Waals surface area contributed by atoms with Crippen molar-refractivity contribution in [3.63, 3.8) is 0 Å². The zero-order chi connectivity index (χ0) is 25.1. The molecule has 0 bridgehead atoms. The van der Waals surface area contributed by atoms with Crippen LogP contribution in [0.25, 0.3) is 0 Å². The summed E-state index contributed by atoms with van der Waals surface area (Å²) < 4.78 is 33.5. The van der Waals surface area contributed by atoms with E-state index in [1.807, 2.05) is 0 Å². The van der Waals surface area contributed by atoms with Crippen molar-refractivity contribution < 1.29 is 32.6 Å². The van der Waals surface area contributed by atoms with Gasteiger partial charge in [-0.05, 0) is 42.7 Å². The Morgan fingerprint density at radius 3 is 2.29 bits per heavy atom. The lowest BCUT2D eigenvalue weighted by molar-refractivity contribution is -0.139. The molecule has 4 N–H and O–H groups in total. The van der Waals surface area contributed by atoms with Crippen molar-refractivity contribution in [2.45, 2.75) is 24.3 Å². The van der Waals surface area contributed by atoms with Crippen LogP contribution in [-0.2, 0) is 30.8 Å². The van der Waals surface area contributed by atoms with Gasteiger partial charge >= 0.3 is 5.97 Å². The van der Waals surface area contributed by atoms with Gasteiger partial charge in [0.2, 0.25) is 21.8 Å². The molecular formula is C22H27N3O7S2. The highest BCUT2D eigenvalue weighted by atomic mass is 32.2. The van der Waals surface area contributed by atoms with E-state index in [4.69, 9.17) is 9.84 Å². The van der Waals surface area contributed by atoms with Crippen LogP contribution in [0, 0.1) is 6.92 Å². The molecule has 2 aromatic carbocycles. The van der Waals surface area contributed by atoms with E-state index in [0.717, 1.165) is 0 Å². The first-order valence-corrected chi connectivity index (χ1v) is 12.4. The fourth-order valence-electron chi connectivity index (χ4n) is 2.97. The summed E-state index contributed by atoms with van der Waals surface area (Å²) in [7, 11) is -4.01. The molecular weight excluding hydrogens is 482 g/mol. The molecule has 2 amide bonds. The van der Waals surface area contributed by atoms with E-state index in [9.17, 15) is 22.8 Å². The average molecular weight is 510 g/mol. The Hall–Kier alpha value is -3.09. The molecule has 0 radical (unpaired) electrons. The highest BCUT2D eigenvalue weighted by Crippen LogP contribution is 2.17. The predicted molar refractivity (Wildman–Crippen MR) is 128 cm³/mol. The normalized spacial score (nSPS) is 11.9. The molecule has 0 aliphatic carbocycles. The van der Waals surface area contributed by atoms with Crippen molar-refractivity contribution >= 4 is 40.4 Å². The molecule has 0 aliphatic rings. The number of nitrogens with one attached hydrogen (secondary N) is 3. The molecule has 2 rings (SSSR count). The second-order valence-corrected chi connectivity index (χ2v) is 9.27. The average Bonchev–Trinajstić information content (AvgIpc) is 2.80. The highest BCUT2D eigenvalue weighted by Gasteiger charge is 2.27. The van der Waals surface area contributed by atoms with Gasteiger partial charge in [0.15, 0.2) is 6.61 Å². The Balaban J connectivity index is 2.16. The molecule has 0 saturated heterocycles. The maximum absolute atomic E-state index is 13.0. The van der Waals surface area contributed by atoms with Gasteiger partial charge in [0.1, 0.15) is 11.8 Å². The third-order valence-electron chi connectivity index (χ3n) is 4.61. The summed E-state index contributed by atoms with van der Waals surface area (Å²) in [4.78, 5) is 34.8. The van der Waals surface area contributed by atoms with Gasteiger partial charge in [0.25, 0.3) is 0 Å². The standard InChI is InChI=1S/C22H27N3O7S2/c1-15-4-2-3-5-19(15)34(30,31)25-18(22(29)24-11-10-23-20(26)14-33)12-16-6-8-17(9-7-16)32-13-21(27)28/h2-9,18,25,33H,10-14H2,1H3,(H,23,26)(H,24,29)(H,27,28)/t18-/m0/s1. The molecule has 0 heterocycles. The Morgan fingerprint density at radius 1 is 1.03 bits per heavy atom. The number of ether oxygens (including phenoxy) is 1. The van der Waals surface area contributed by atoms with Crippen LogP contribution in [0.3, 0.4) is 0 Å². The SMILES string of the molecule is Cc1ccccc1S(=O)(=O)N[C@@H](Cc1ccc(OCC(=O)O)cc1)C(=O)NCCNC(=O)CS. The first kappa shape index (κ1) is 27.2. The summed E-state index contributed by atoms with van der Waals surface area (Å²) in [5, 5.41) is 13.9. The number of sulfonamides is 1. The molecule has 0 saturated carbocycles. The number of rotatable bonds is 13. The number of thiol groups is 1. The third-order valence-corrected chi connectivity index (χ3v) is 6.53. The number of carboxylic acids is 1. The number of carboxylic acid groups (broad SMARTS) is 1. The molecule has 34 heavy (non-hydrogen) atoms. The molecule has 2 aromatic rings. The van der Waals surface area contributed by atoms with E-state index in [-0.39, 0.29) is 36.1 Å². The fraction of sp³-hybridized carbons (Fsp3) is 0.318. The monoisotopic (exact) mass is 509 g/mol. The maximum Gasteiger partial charge on any atom is 0.341 e. The van der Waals surface area contributed by atoms with E-state index in [0.29, 0.717) is 16.9 Å². The fourth-order valence-corrected chi connectivity index (χ4v) is 4.52. The Morgan fingerprint density at radius 2 is 1.68 bits per heavy atom. The minimum Gasteiger partial charge on any atom is -0.482 e. The number of carbonyl (C=O) groups is 3. The van der Waals surface area contributed by atoms with Crippen molar-refractivity contribution in [2.75, 3.05) is 25.4 Å². The zero-order valence-corrected chi connectivity index (χ0v) is 20.2. The first-order valence-electron chi connectivity index (χ1n) is 10.3. The van der Waals surface area contributed by atoms with Gasteiger partial charge in [-0.15, -0.1) is 0 Å². The minimum absolute atomic E-state index is 0.0129. The second-order valence-electron chi connectivity index (χ2n) is 7.27. The molecule has 1 atom stereocenters. The van der Waals surface area contributed by atoms with Gasteiger partial charge in [-0.25, -0.2) is 13.2 Å². The molecule has 10 nitrogen and oxygen atoms in total. The number of hydrogen-bond acceptors (Lipinski definition) is 7. The number of benzene rings is 2. The summed E-state index contributed by atoms with van der Waals surface area (Å²) in [5.41, 5.74) is 1.15. The third kappa shape index (κ3) is 8.69. The highest BCUT2D eigenvalue weighted by molar-refractivity contribution is 7.89. The van der Waals surface area contributed by atoms with Crippen LogP contribution in [-0.4, -0.2) is 62.8 Å². The molecule has 0 fully saturated rings. The summed E-state index contributed by atoms with van der Waals surface area (Å²) in [6, 6.07) is 11.6. The lowest BCUT2D eigenvalue weighted by atomic mass is 10.1. The smallest absolute Gasteiger partial charge is 0.341 e. The van der Waals surface area contributed by atoms with Gasteiger partial charge in [0.05, 0.1) is 10.6 Å². The van der Waals surface area contributed by atoms with Crippen molar-refractivity contribution in [1.82, 2.24) is 15.4 Å². The van der Waals surface area contributed by atoms with E-state index in [1.54, 1.807) is 37.3 Å². The number of amides is 2. The van der Waals surface area contributed by atoms with Gasteiger partial charge in [-0.1, -0.05) is 30.3 Å². The molecule has 12 heteroatoms. The minimum atomic E-state index is -4.01.